The molecule has 0 atom stereocenters. The van der Waals surface area contributed by atoms with Gasteiger partial charge in [-0.3, -0.25) is 4.79 Å². The number of halogens is 1. The van der Waals surface area contributed by atoms with Crippen LogP contribution in [0.3, 0.4) is 0 Å². The molecule has 0 bridgehead atoms. The summed E-state index contributed by atoms with van der Waals surface area (Å²) in [5, 5.41) is 0.679. The molecule has 0 N–H and O–H groups in total. The summed E-state index contributed by atoms with van der Waals surface area (Å²) in [4.78, 5) is 14.9. The van der Waals surface area contributed by atoms with Crippen molar-refractivity contribution >= 4 is 28.8 Å². The first-order valence-electron chi connectivity index (χ1n) is 7.94. The standard InChI is InChI=1S/C21H16ClNO/c22-17-11-10-16-12-21(24)18-8-4-5-9-19(18)23(20(16)13-17)14-15-6-2-1-3-7-15/h1-11,13H,12,14H2. The molecule has 0 aromatic heterocycles. The molecule has 24 heavy (non-hydrogen) atoms. The lowest BCUT2D eigenvalue weighted by molar-refractivity contribution is 0.0994. The lowest BCUT2D eigenvalue weighted by Crippen LogP contribution is -2.18. The lowest BCUT2D eigenvalue weighted by Gasteiger charge is -2.27. The Balaban J connectivity index is 1.91. The Morgan fingerprint density at radius 2 is 1.62 bits per heavy atom. The van der Waals surface area contributed by atoms with Crippen molar-refractivity contribution < 1.29 is 4.79 Å². The van der Waals surface area contributed by atoms with Gasteiger partial charge in [-0.25, -0.2) is 0 Å². The van der Waals surface area contributed by atoms with Crippen LogP contribution in [0.15, 0.2) is 72.8 Å². The Labute approximate surface area is 146 Å². The Morgan fingerprint density at radius 3 is 2.46 bits per heavy atom. The predicted octanol–water partition coefficient (Wildman–Crippen LogP) is 5.42. The molecule has 4 rings (SSSR count). The molecule has 0 fully saturated rings. The number of anilines is 2. The van der Waals surface area contributed by atoms with E-state index in [9.17, 15) is 4.79 Å². The molecule has 3 heteroatoms. The molecule has 3 aromatic carbocycles. The van der Waals surface area contributed by atoms with Crippen molar-refractivity contribution in [2.24, 2.45) is 0 Å². The van der Waals surface area contributed by atoms with Crippen LogP contribution in [-0.2, 0) is 13.0 Å². The fourth-order valence-electron chi connectivity index (χ4n) is 3.22. The highest BCUT2D eigenvalue weighted by Crippen LogP contribution is 2.38. The highest BCUT2D eigenvalue weighted by molar-refractivity contribution is 6.31. The quantitative estimate of drug-likeness (QED) is 0.624. The van der Waals surface area contributed by atoms with Crippen LogP contribution in [0.25, 0.3) is 0 Å². The smallest absolute Gasteiger partial charge is 0.169 e. The van der Waals surface area contributed by atoms with Gasteiger partial charge in [0.2, 0.25) is 0 Å². The minimum atomic E-state index is 0.143. The summed E-state index contributed by atoms with van der Waals surface area (Å²) < 4.78 is 0. The van der Waals surface area contributed by atoms with Crippen molar-refractivity contribution in [1.82, 2.24) is 0 Å². The van der Waals surface area contributed by atoms with Crippen molar-refractivity contribution in [3.05, 3.63) is 94.5 Å². The lowest BCUT2D eigenvalue weighted by atomic mass is 10.0. The van der Waals surface area contributed by atoms with Crippen LogP contribution in [-0.4, -0.2) is 5.78 Å². The molecule has 3 aromatic rings. The van der Waals surface area contributed by atoms with Gasteiger partial charge < -0.3 is 4.90 Å². The third-order valence-corrected chi connectivity index (χ3v) is 4.60. The fourth-order valence-corrected chi connectivity index (χ4v) is 3.38. The van der Waals surface area contributed by atoms with Crippen molar-refractivity contribution in [2.45, 2.75) is 13.0 Å². The van der Waals surface area contributed by atoms with E-state index in [0.29, 0.717) is 18.0 Å². The number of benzene rings is 3. The van der Waals surface area contributed by atoms with Crippen molar-refractivity contribution in [1.29, 1.82) is 0 Å². The molecule has 0 saturated carbocycles. The van der Waals surface area contributed by atoms with E-state index in [1.807, 2.05) is 60.7 Å². The molecule has 1 heterocycles. The van der Waals surface area contributed by atoms with Crippen LogP contribution in [0, 0.1) is 0 Å². The zero-order chi connectivity index (χ0) is 16.5. The van der Waals surface area contributed by atoms with Gasteiger partial charge in [-0.1, -0.05) is 60.1 Å². The molecule has 118 valence electrons. The summed E-state index contributed by atoms with van der Waals surface area (Å²) in [6.45, 7) is 0.693. The molecule has 2 nitrogen and oxygen atoms in total. The van der Waals surface area contributed by atoms with Gasteiger partial charge in [0.25, 0.3) is 0 Å². The SMILES string of the molecule is O=C1Cc2ccc(Cl)cc2N(Cc2ccccc2)c2ccccc21. The van der Waals surface area contributed by atoms with Crippen LogP contribution in [0.2, 0.25) is 5.02 Å². The van der Waals surface area contributed by atoms with Crippen molar-refractivity contribution in [3.8, 4) is 0 Å². The van der Waals surface area contributed by atoms with Crippen molar-refractivity contribution in [2.75, 3.05) is 4.90 Å². The summed E-state index contributed by atoms with van der Waals surface area (Å²) >= 11 is 6.25. The second kappa shape index (κ2) is 6.14. The number of hydrogen-bond acceptors (Lipinski definition) is 2. The average Bonchev–Trinajstić information content (AvgIpc) is 2.72. The van der Waals surface area contributed by atoms with Gasteiger partial charge in [-0.2, -0.15) is 0 Å². The second-order valence-electron chi connectivity index (χ2n) is 5.96. The minimum absolute atomic E-state index is 0.143. The topological polar surface area (TPSA) is 20.3 Å². The summed E-state index contributed by atoms with van der Waals surface area (Å²) in [7, 11) is 0. The normalized spacial score (nSPS) is 13.2. The van der Waals surface area contributed by atoms with Gasteiger partial charge in [-0.15, -0.1) is 0 Å². The molecular formula is C21H16ClNO. The third kappa shape index (κ3) is 2.70. The first kappa shape index (κ1) is 15.0. The number of hydrogen-bond donors (Lipinski definition) is 0. The molecule has 1 aliphatic rings. The Morgan fingerprint density at radius 1 is 0.875 bits per heavy atom. The first-order chi connectivity index (χ1) is 11.7. The molecule has 0 radical (unpaired) electrons. The van der Waals surface area contributed by atoms with Gasteiger partial charge in [0.1, 0.15) is 0 Å². The van der Waals surface area contributed by atoms with E-state index < -0.39 is 0 Å². The number of carbonyl (C=O) groups is 1. The maximum Gasteiger partial charge on any atom is 0.169 e. The molecular weight excluding hydrogens is 318 g/mol. The summed E-state index contributed by atoms with van der Waals surface area (Å²) in [5.41, 5.74) is 4.90. The largest absolute Gasteiger partial charge is 0.336 e. The summed E-state index contributed by atoms with van der Waals surface area (Å²) in [5.74, 6) is 0.143. The number of fused-ring (bicyclic) bond motifs is 2. The zero-order valence-electron chi connectivity index (χ0n) is 13.1. The Hall–Kier alpha value is -2.58. The van der Waals surface area contributed by atoms with E-state index in [-0.39, 0.29) is 5.78 Å². The maximum absolute atomic E-state index is 12.7. The van der Waals surface area contributed by atoms with Gasteiger partial charge in [0.15, 0.2) is 5.78 Å². The van der Waals surface area contributed by atoms with Crippen LogP contribution < -0.4 is 4.90 Å². The van der Waals surface area contributed by atoms with Crippen LogP contribution in [0.5, 0.6) is 0 Å². The van der Waals surface area contributed by atoms with Crippen LogP contribution in [0.1, 0.15) is 21.5 Å². The first-order valence-corrected chi connectivity index (χ1v) is 8.32. The molecule has 0 saturated heterocycles. The van der Waals surface area contributed by atoms with Crippen LogP contribution >= 0.6 is 11.6 Å². The maximum atomic E-state index is 12.7. The Bertz CT molecular complexity index is 905. The molecule has 0 aliphatic carbocycles. The zero-order valence-corrected chi connectivity index (χ0v) is 13.8. The molecule has 0 amide bonds. The predicted molar refractivity (Wildman–Crippen MR) is 98.2 cm³/mol. The number of carbonyl (C=O) groups excluding carboxylic acids is 1. The fraction of sp³-hybridized carbons (Fsp3) is 0.0952. The van der Waals surface area contributed by atoms with Gasteiger partial charge in [0, 0.05) is 29.2 Å². The van der Waals surface area contributed by atoms with E-state index >= 15 is 0 Å². The van der Waals surface area contributed by atoms with Gasteiger partial charge >= 0.3 is 0 Å². The van der Waals surface area contributed by atoms with E-state index in [1.54, 1.807) is 0 Å². The number of para-hydroxylation sites is 1. The number of ketones is 1. The average molecular weight is 334 g/mol. The monoisotopic (exact) mass is 333 g/mol. The molecule has 1 aliphatic heterocycles. The van der Waals surface area contributed by atoms with E-state index in [2.05, 4.69) is 17.0 Å². The number of rotatable bonds is 2. The van der Waals surface area contributed by atoms with Crippen molar-refractivity contribution in [3.63, 3.8) is 0 Å². The third-order valence-electron chi connectivity index (χ3n) is 4.37. The highest BCUT2D eigenvalue weighted by atomic mass is 35.5. The second-order valence-corrected chi connectivity index (χ2v) is 6.40. The van der Waals surface area contributed by atoms with Crippen LogP contribution in [0.4, 0.5) is 11.4 Å². The highest BCUT2D eigenvalue weighted by Gasteiger charge is 2.25. The van der Waals surface area contributed by atoms with E-state index in [4.69, 9.17) is 11.6 Å². The molecule has 0 spiro atoms. The molecule has 0 unspecified atom stereocenters. The van der Waals surface area contributed by atoms with Gasteiger partial charge in [0.05, 0.1) is 5.69 Å². The van der Waals surface area contributed by atoms with Gasteiger partial charge in [-0.05, 0) is 35.4 Å². The minimum Gasteiger partial charge on any atom is -0.336 e. The number of nitrogens with zero attached hydrogens (tertiary/aromatic N) is 1. The summed E-state index contributed by atoms with van der Waals surface area (Å²) in [6, 6.07) is 23.8. The summed E-state index contributed by atoms with van der Waals surface area (Å²) in [6.07, 6.45) is 0.398. The van der Waals surface area contributed by atoms with E-state index in [1.165, 1.54) is 5.56 Å². The van der Waals surface area contributed by atoms with E-state index in [0.717, 1.165) is 22.5 Å². The Kier molecular flexibility index (Phi) is 3.83. The number of Topliss-reactive ketones (excluding diaryl/α,β-unsaturated/α-hetero) is 1.